The third-order valence-corrected chi connectivity index (χ3v) is 3.44. The average molecular weight is 338 g/mol. The van der Waals surface area contributed by atoms with Crippen LogP contribution in [0.4, 0.5) is 11.6 Å². The second-order valence-corrected chi connectivity index (χ2v) is 5.25. The standard InChI is InChI=1S/C9H8N4S2.C6H15N/c14-8-11-7(12-9(15)13-8)10-6-4-2-1-3-5-6;1-4-7(5-2)6-3/h1-5H,(H3,10,11,12,13,14,15);4-6H2,1-3H3. The van der Waals surface area contributed by atoms with Crippen LogP contribution in [0.2, 0.25) is 0 Å². The molecule has 7 heteroatoms. The average Bonchev–Trinajstić information content (AvgIpc) is 2.49. The first-order valence-corrected chi connectivity index (χ1v) is 8.15. The lowest BCUT2D eigenvalue weighted by atomic mass is 10.3. The molecule has 0 fully saturated rings. The number of rotatable bonds is 5. The Bertz CT molecular complexity index is 613. The summed E-state index contributed by atoms with van der Waals surface area (Å²) in [5.41, 5.74) is 0.927. The van der Waals surface area contributed by atoms with Crippen LogP contribution in [0.25, 0.3) is 0 Å². The Morgan fingerprint density at radius 1 is 1.00 bits per heavy atom. The minimum absolute atomic E-state index is 0.359. The molecule has 120 valence electrons. The highest BCUT2D eigenvalue weighted by Crippen LogP contribution is 2.10. The van der Waals surface area contributed by atoms with Crippen molar-refractivity contribution in [3.05, 3.63) is 39.9 Å². The largest absolute Gasteiger partial charge is 0.326 e. The van der Waals surface area contributed by atoms with E-state index >= 15 is 0 Å². The van der Waals surface area contributed by atoms with Crippen molar-refractivity contribution in [1.29, 1.82) is 0 Å². The lowest BCUT2D eigenvalue weighted by molar-refractivity contribution is 0.321. The first kappa shape index (κ1) is 18.5. The van der Waals surface area contributed by atoms with E-state index in [1.54, 1.807) is 0 Å². The molecule has 3 N–H and O–H groups in total. The Hall–Kier alpha value is -1.57. The fraction of sp³-hybridized carbons (Fsp3) is 0.400. The van der Waals surface area contributed by atoms with Crippen LogP contribution < -0.4 is 5.32 Å². The summed E-state index contributed by atoms with van der Waals surface area (Å²) in [6, 6.07) is 9.66. The monoisotopic (exact) mass is 337 g/mol. The molecule has 1 heterocycles. The molecule has 0 amide bonds. The molecule has 0 saturated carbocycles. The summed E-state index contributed by atoms with van der Waals surface area (Å²) >= 11 is 9.86. The quantitative estimate of drug-likeness (QED) is 0.711. The van der Waals surface area contributed by atoms with Gasteiger partial charge in [0.2, 0.25) is 10.7 Å². The van der Waals surface area contributed by atoms with Crippen molar-refractivity contribution in [2.45, 2.75) is 20.8 Å². The zero-order valence-corrected chi connectivity index (χ0v) is 14.9. The maximum Gasteiger partial charge on any atom is 0.209 e. The lowest BCUT2D eigenvalue weighted by Gasteiger charge is -2.13. The summed E-state index contributed by atoms with van der Waals surface area (Å²) in [5.74, 6) is 0.537. The maximum atomic E-state index is 4.95. The van der Waals surface area contributed by atoms with E-state index in [9.17, 15) is 0 Å². The number of hydrogen-bond acceptors (Lipinski definition) is 5. The van der Waals surface area contributed by atoms with Crippen LogP contribution in [0.5, 0.6) is 0 Å². The second-order valence-electron chi connectivity index (χ2n) is 4.46. The smallest absolute Gasteiger partial charge is 0.209 e. The van der Waals surface area contributed by atoms with Crippen LogP contribution in [-0.4, -0.2) is 39.5 Å². The van der Waals surface area contributed by atoms with Crippen LogP contribution in [0.15, 0.2) is 30.3 Å². The van der Waals surface area contributed by atoms with Crippen molar-refractivity contribution in [3.8, 4) is 0 Å². The molecule has 0 saturated heterocycles. The van der Waals surface area contributed by atoms with Crippen molar-refractivity contribution in [2.24, 2.45) is 0 Å². The molecule has 1 aromatic heterocycles. The zero-order valence-electron chi connectivity index (χ0n) is 13.2. The fourth-order valence-corrected chi connectivity index (χ4v) is 2.23. The molecule has 1 aromatic carbocycles. The van der Waals surface area contributed by atoms with Gasteiger partial charge >= 0.3 is 0 Å². The molecule has 0 aliphatic carbocycles. The second kappa shape index (κ2) is 10.2. The van der Waals surface area contributed by atoms with Gasteiger partial charge in [-0.25, -0.2) is 0 Å². The van der Waals surface area contributed by atoms with Crippen molar-refractivity contribution in [3.63, 3.8) is 0 Å². The molecule has 0 spiro atoms. The topological polar surface area (TPSA) is 59.7 Å². The third kappa shape index (κ3) is 6.93. The third-order valence-electron chi connectivity index (χ3n) is 3.04. The molecule has 0 aliphatic heterocycles. The van der Waals surface area contributed by atoms with Gasteiger partial charge in [-0.3, -0.25) is 0 Å². The summed E-state index contributed by atoms with van der Waals surface area (Å²) in [5, 5.41) is 3.07. The molecular formula is C15H23N5S2. The van der Waals surface area contributed by atoms with Gasteiger partial charge in [0.1, 0.15) is 0 Å². The Morgan fingerprint density at radius 3 is 2.05 bits per heavy atom. The van der Waals surface area contributed by atoms with Gasteiger partial charge in [-0.05, 0) is 56.2 Å². The maximum absolute atomic E-state index is 4.95. The number of nitrogens with zero attached hydrogens (tertiary/aromatic N) is 2. The minimum Gasteiger partial charge on any atom is -0.326 e. The van der Waals surface area contributed by atoms with E-state index in [0.717, 1.165) is 5.69 Å². The van der Waals surface area contributed by atoms with Gasteiger partial charge in [0.15, 0.2) is 4.77 Å². The highest BCUT2D eigenvalue weighted by Gasteiger charge is 1.95. The zero-order chi connectivity index (χ0) is 16.4. The number of H-pyrrole nitrogens is 2. The van der Waals surface area contributed by atoms with E-state index in [1.165, 1.54) is 19.6 Å². The minimum atomic E-state index is 0.359. The van der Waals surface area contributed by atoms with Gasteiger partial charge < -0.3 is 20.2 Å². The Kier molecular flexibility index (Phi) is 8.57. The highest BCUT2D eigenvalue weighted by atomic mass is 32.1. The first-order valence-electron chi connectivity index (χ1n) is 7.34. The van der Waals surface area contributed by atoms with E-state index < -0.39 is 0 Å². The van der Waals surface area contributed by atoms with Crippen LogP contribution in [0.1, 0.15) is 20.8 Å². The molecule has 2 aromatic rings. The van der Waals surface area contributed by atoms with Gasteiger partial charge in [0, 0.05) is 5.69 Å². The van der Waals surface area contributed by atoms with Crippen LogP contribution in [0, 0.1) is 9.54 Å². The van der Waals surface area contributed by atoms with E-state index in [1.807, 2.05) is 30.3 Å². The predicted octanol–water partition coefficient (Wildman–Crippen LogP) is 4.29. The highest BCUT2D eigenvalue weighted by molar-refractivity contribution is 7.71. The Labute approximate surface area is 141 Å². The molecule has 5 nitrogen and oxygen atoms in total. The molecule has 0 radical (unpaired) electrons. The molecule has 0 bridgehead atoms. The van der Waals surface area contributed by atoms with E-state index in [2.05, 4.69) is 45.9 Å². The van der Waals surface area contributed by atoms with Gasteiger partial charge in [0.05, 0.1) is 0 Å². The van der Waals surface area contributed by atoms with Crippen molar-refractivity contribution < 1.29 is 0 Å². The SMILES string of the molecule is CCN(CC)CC.S=c1nc(Nc2ccccc2)[nH]c(=S)[nH]1. The molecule has 0 atom stereocenters. The summed E-state index contributed by atoms with van der Waals surface area (Å²) in [4.78, 5) is 12.0. The van der Waals surface area contributed by atoms with Gasteiger partial charge in [-0.1, -0.05) is 39.0 Å². The molecular weight excluding hydrogens is 314 g/mol. The molecule has 2 rings (SSSR count). The predicted molar refractivity (Wildman–Crippen MR) is 97.8 cm³/mol. The van der Waals surface area contributed by atoms with Crippen molar-refractivity contribution in [1.82, 2.24) is 19.9 Å². The number of benzene rings is 1. The number of aromatic amines is 2. The summed E-state index contributed by atoms with van der Waals surface area (Å²) in [6.45, 7) is 10.1. The summed E-state index contributed by atoms with van der Waals surface area (Å²) in [6.07, 6.45) is 0. The van der Waals surface area contributed by atoms with E-state index in [4.69, 9.17) is 24.4 Å². The van der Waals surface area contributed by atoms with E-state index in [-0.39, 0.29) is 0 Å². The number of hydrogen-bond donors (Lipinski definition) is 3. The first-order chi connectivity index (χ1) is 10.6. The summed E-state index contributed by atoms with van der Waals surface area (Å²) < 4.78 is 0.811. The normalized spacial score (nSPS) is 10.0. The number of nitrogens with one attached hydrogen (secondary N) is 3. The number of para-hydroxylation sites is 1. The Morgan fingerprint density at radius 2 is 1.59 bits per heavy atom. The number of aromatic nitrogens is 3. The fourth-order valence-electron chi connectivity index (χ4n) is 1.78. The molecule has 0 unspecified atom stereocenters. The van der Waals surface area contributed by atoms with Crippen molar-refractivity contribution >= 4 is 36.1 Å². The van der Waals surface area contributed by atoms with E-state index in [0.29, 0.717) is 15.5 Å². The number of anilines is 2. The van der Waals surface area contributed by atoms with Gasteiger partial charge in [0.25, 0.3) is 0 Å². The van der Waals surface area contributed by atoms with Gasteiger partial charge in [-0.2, -0.15) is 4.98 Å². The molecule has 0 aliphatic rings. The summed E-state index contributed by atoms with van der Waals surface area (Å²) in [7, 11) is 0. The van der Waals surface area contributed by atoms with Crippen LogP contribution in [-0.2, 0) is 0 Å². The molecule has 22 heavy (non-hydrogen) atoms. The van der Waals surface area contributed by atoms with Crippen LogP contribution in [0.3, 0.4) is 0 Å². The van der Waals surface area contributed by atoms with Crippen molar-refractivity contribution in [2.75, 3.05) is 25.0 Å². The van der Waals surface area contributed by atoms with Crippen LogP contribution >= 0.6 is 24.4 Å². The van der Waals surface area contributed by atoms with Gasteiger partial charge in [-0.15, -0.1) is 0 Å². The Balaban J connectivity index is 0.000000295. The lowest BCUT2D eigenvalue weighted by Crippen LogP contribution is -2.21.